The van der Waals surface area contributed by atoms with Gasteiger partial charge in [0.1, 0.15) is 23.9 Å². The molecule has 0 spiro atoms. The van der Waals surface area contributed by atoms with E-state index in [9.17, 15) is 43.5 Å². The van der Waals surface area contributed by atoms with Gasteiger partial charge in [0.2, 0.25) is 29.5 Å². The molecule has 3 fully saturated rings. The SMILES string of the molecule is CCOC(=O)C1OC1C(=O)N[C@@H](CC(C)C)C(=O)N[C@@H](Cc1ccc(O)cc1)C(=O)NCCCCCC(=O)N[C@@H](CCCCNC(=O)CCCC[C@@H]1SC[C@@H]2NC(=O)N[C@@H]21)C(N)=O. The first-order valence-electron chi connectivity index (χ1n) is 22.2. The second kappa shape index (κ2) is 25.9. The molecule has 0 aliphatic carbocycles. The van der Waals surface area contributed by atoms with Crippen molar-refractivity contribution in [3.63, 3.8) is 0 Å². The zero-order valence-electron chi connectivity index (χ0n) is 36.5. The monoisotopic (exact) mass is 902 g/mol. The molecule has 3 heterocycles. The zero-order valence-corrected chi connectivity index (χ0v) is 37.4. The van der Waals surface area contributed by atoms with Gasteiger partial charge in [0.15, 0.2) is 12.2 Å². The molecule has 0 radical (unpaired) electrons. The number of urea groups is 1. The van der Waals surface area contributed by atoms with Crippen molar-refractivity contribution in [3.05, 3.63) is 29.8 Å². The summed E-state index contributed by atoms with van der Waals surface area (Å²) in [6.07, 6.45) is 4.53. The number of ether oxygens (including phenoxy) is 2. The summed E-state index contributed by atoms with van der Waals surface area (Å²) >= 11 is 1.86. The van der Waals surface area contributed by atoms with Crippen molar-refractivity contribution in [2.75, 3.05) is 25.4 Å². The van der Waals surface area contributed by atoms with E-state index in [0.717, 1.165) is 25.0 Å². The fourth-order valence-electron chi connectivity index (χ4n) is 7.56. The van der Waals surface area contributed by atoms with E-state index in [0.29, 0.717) is 62.3 Å². The third-order valence-corrected chi connectivity index (χ3v) is 12.5. The van der Waals surface area contributed by atoms with E-state index in [-0.39, 0.29) is 74.0 Å². The number of carbonyl (C=O) groups is 8. The minimum Gasteiger partial charge on any atom is -0.508 e. The summed E-state index contributed by atoms with van der Waals surface area (Å²) in [5.74, 6) is -2.41. The summed E-state index contributed by atoms with van der Waals surface area (Å²) in [5.41, 5.74) is 6.23. The lowest BCUT2D eigenvalue weighted by Crippen LogP contribution is -2.55. The molecule has 10 N–H and O–H groups in total. The highest BCUT2D eigenvalue weighted by Crippen LogP contribution is 2.33. The molecule has 19 nitrogen and oxygen atoms in total. The number of nitrogens with one attached hydrogen (secondary N) is 7. The molecule has 2 unspecified atom stereocenters. The molecule has 3 saturated heterocycles. The van der Waals surface area contributed by atoms with Crippen molar-refractivity contribution < 1.29 is 52.9 Å². The minimum absolute atomic E-state index is 0.0131. The number of benzene rings is 1. The van der Waals surface area contributed by atoms with Gasteiger partial charge in [-0.3, -0.25) is 28.8 Å². The number of aromatic hydroxyl groups is 1. The van der Waals surface area contributed by atoms with Crippen LogP contribution in [0.25, 0.3) is 0 Å². The van der Waals surface area contributed by atoms with Crippen LogP contribution in [0.15, 0.2) is 24.3 Å². The number of thioether (sulfide) groups is 1. The van der Waals surface area contributed by atoms with Crippen molar-refractivity contribution in [1.29, 1.82) is 0 Å². The second-order valence-electron chi connectivity index (χ2n) is 16.7. The van der Waals surface area contributed by atoms with Gasteiger partial charge in [-0.05, 0) is 81.9 Å². The van der Waals surface area contributed by atoms with Gasteiger partial charge in [0.05, 0.1) is 18.7 Å². The molecule has 350 valence electrons. The number of carbonyl (C=O) groups excluding carboxylic acids is 8. The maximum atomic E-state index is 13.6. The van der Waals surface area contributed by atoms with E-state index in [1.807, 2.05) is 25.6 Å². The molecule has 0 saturated carbocycles. The molecule has 4 rings (SSSR count). The van der Waals surface area contributed by atoms with Gasteiger partial charge in [0.25, 0.3) is 5.91 Å². The number of hydrogen-bond acceptors (Lipinski definition) is 12. The molecule has 1 aromatic rings. The Labute approximate surface area is 373 Å². The van der Waals surface area contributed by atoms with E-state index in [1.165, 1.54) is 12.1 Å². The summed E-state index contributed by atoms with van der Waals surface area (Å²) in [7, 11) is 0. The molecule has 0 bridgehead atoms. The Kier molecular flexibility index (Phi) is 20.7. The van der Waals surface area contributed by atoms with Crippen LogP contribution in [0.4, 0.5) is 4.79 Å². The molecule has 3 aliphatic rings. The number of nitrogens with two attached hydrogens (primary N) is 1. The molecular weight excluding hydrogens is 837 g/mol. The number of unbranched alkanes of at least 4 members (excludes halogenated alkanes) is 4. The van der Waals surface area contributed by atoms with Gasteiger partial charge in [-0.25, -0.2) is 9.59 Å². The topological polar surface area (TPSA) is 289 Å². The molecule has 8 amide bonds. The number of phenols is 1. The first kappa shape index (κ1) is 50.5. The highest BCUT2D eigenvalue weighted by Gasteiger charge is 2.52. The minimum atomic E-state index is -1.07. The van der Waals surface area contributed by atoms with Crippen LogP contribution in [-0.2, 0) is 49.5 Å². The first-order valence-corrected chi connectivity index (χ1v) is 23.2. The predicted octanol–water partition coefficient (Wildman–Crippen LogP) is 0.940. The van der Waals surface area contributed by atoms with Crippen LogP contribution < -0.4 is 43.0 Å². The van der Waals surface area contributed by atoms with Crippen molar-refractivity contribution in [3.8, 4) is 5.75 Å². The Bertz CT molecular complexity index is 1730. The first-order chi connectivity index (χ1) is 30.1. The lowest BCUT2D eigenvalue weighted by atomic mass is 10.0. The van der Waals surface area contributed by atoms with Crippen LogP contribution in [-0.4, -0.2) is 126 Å². The quantitative estimate of drug-likeness (QED) is 0.0235. The number of phenolic OH excluding ortho intramolecular Hbond substituents is 1. The van der Waals surface area contributed by atoms with Crippen molar-refractivity contribution in [1.82, 2.24) is 37.2 Å². The predicted molar refractivity (Wildman–Crippen MR) is 234 cm³/mol. The average Bonchev–Trinajstić information content (AvgIpc) is 3.84. The average molecular weight is 903 g/mol. The van der Waals surface area contributed by atoms with Gasteiger partial charge in [-0.1, -0.05) is 38.8 Å². The molecule has 3 aliphatic heterocycles. The smallest absolute Gasteiger partial charge is 0.338 e. The summed E-state index contributed by atoms with van der Waals surface area (Å²) in [5, 5.41) is 29.9. The normalized spacial score (nSPS) is 21.1. The van der Waals surface area contributed by atoms with Gasteiger partial charge < -0.3 is 57.5 Å². The number of hydrogen-bond donors (Lipinski definition) is 9. The highest BCUT2D eigenvalue weighted by molar-refractivity contribution is 8.00. The maximum absolute atomic E-state index is 13.6. The lowest BCUT2D eigenvalue weighted by molar-refractivity contribution is -0.144. The van der Waals surface area contributed by atoms with Crippen LogP contribution in [0.3, 0.4) is 0 Å². The maximum Gasteiger partial charge on any atom is 0.338 e. The van der Waals surface area contributed by atoms with Crippen LogP contribution in [0.1, 0.15) is 103 Å². The number of primary amides is 1. The molecule has 1 aromatic carbocycles. The fourth-order valence-corrected chi connectivity index (χ4v) is 9.10. The van der Waals surface area contributed by atoms with Gasteiger partial charge in [-0.15, -0.1) is 0 Å². The highest BCUT2D eigenvalue weighted by atomic mass is 32.2. The molecular formula is C43H66N8O11S. The summed E-state index contributed by atoms with van der Waals surface area (Å²) < 4.78 is 10.1. The zero-order chi connectivity index (χ0) is 45.9. The Morgan fingerprint density at radius 2 is 1.52 bits per heavy atom. The molecule has 8 atom stereocenters. The Morgan fingerprint density at radius 3 is 2.24 bits per heavy atom. The van der Waals surface area contributed by atoms with E-state index < -0.39 is 59.9 Å². The van der Waals surface area contributed by atoms with Crippen LogP contribution >= 0.6 is 11.8 Å². The van der Waals surface area contributed by atoms with Crippen LogP contribution in [0.2, 0.25) is 0 Å². The summed E-state index contributed by atoms with van der Waals surface area (Å²) in [4.78, 5) is 101. The number of rotatable bonds is 29. The molecule has 20 heteroatoms. The summed E-state index contributed by atoms with van der Waals surface area (Å²) in [6, 6.07) is 3.57. The van der Waals surface area contributed by atoms with Crippen molar-refractivity contribution >= 4 is 59.2 Å². The third-order valence-electron chi connectivity index (χ3n) is 11.0. The van der Waals surface area contributed by atoms with Gasteiger partial charge in [-0.2, -0.15) is 11.8 Å². The molecule has 63 heavy (non-hydrogen) atoms. The lowest BCUT2D eigenvalue weighted by Gasteiger charge is -2.24. The second-order valence-corrected chi connectivity index (χ2v) is 18.0. The van der Waals surface area contributed by atoms with E-state index >= 15 is 0 Å². The Balaban J connectivity index is 1.12. The third kappa shape index (κ3) is 17.5. The number of amides is 8. The van der Waals surface area contributed by atoms with Gasteiger partial charge >= 0.3 is 12.0 Å². The summed E-state index contributed by atoms with van der Waals surface area (Å²) in [6.45, 7) is 6.22. The van der Waals surface area contributed by atoms with Crippen LogP contribution in [0, 0.1) is 5.92 Å². The Morgan fingerprint density at radius 1 is 0.825 bits per heavy atom. The number of fused-ring (bicyclic) bond motifs is 1. The number of esters is 1. The van der Waals surface area contributed by atoms with Crippen molar-refractivity contribution in [2.45, 2.75) is 152 Å². The van der Waals surface area contributed by atoms with Crippen LogP contribution in [0.5, 0.6) is 5.75 Å². The van der Waals surface area contributed by atoms with E-state index in [2.05, 4.69) is 37.2 Å². The standard InChI is InChI=1S/C43H66N8O11S/c1-4-61-42(59)37-36(62-37)41(58)49-29(22-25(2)3)40(57)48-30(23-26-16-18-27(52)19-17-26)39(56)46-21-10-5-6-15-34(54)47-28(38(44)55)12-9-11-20-45-33(53)14-8-7-13-32-35-31(24-63-32)50-43(60)51-35/h16-19,25,28-32,35-37,52H,4-15,20-24H2,1-3H3,(H2,44,55)(H,45,53)(H,46,56)(H,47,54)(H,48,57)(H,49,58)(H2,50,51,60)/t28-,29-,30-,31-,32-,35-,36?,37?/m0/s1. The fraction of sp³-hybridized carbons (Fsp3) is 0.674. The Hall–Kier alpha value is -5.11. The van der Waals surface area contributed by atoms with Crippen molar-refractivity contribution in [2.24, 2.45) is 11.7 Å². The number of epoxide rings is 1. The largest absolute Gasteiger partial charge is 0.508 e. The molecule has 0 aromatic heterocycles. The van der Waals surface area contributed by atoms with E-state index in [4.69, 9.17) is 15.2 Å². The van der Waals surface area contributed by atoms with Gasteiger partial charge in [0, 0.05) is 43.4 Å². The van der Waals surface area contributed by atoms with E-state index in [1.54, 1.807) is 19.1 Å².